The Morgan fingerprint density at radius 3 is 2.55 bits per heavy atom. The molecule has 0 bridgehead atoms. The molecule has 1 aromatic heterocycles. The van der Waals surface area contributed by atoms with E-state index in [9.17, 15) is 4.39 Å². The molecule has 0 saturated carbocycles. The Labute approximate surface area is 115 Å². The van der Waals surface area contributed by atoms with Crippen LogP contribution in [0, 0.1) is 5.82 Å². The van der Waals surface area contributed by atoms with Crippen molar-refractivity contribution in [2.75, 3.05) is 17.7 Å². The number of halogens is 1. The number of hydrogen-bond acceptors (Lipinski definition) is 4. The number of fused-ring (bicyclic) bond motifs is 1. The first-order chi connectivity index (χ1) is 9.65. The van der Waals surface area contributed by atoms with Crippen molar-refractivity contribution in [1.29, 1.82) is 0 Å². The Morgan fingerprint density at radius 1 is 1.05 bits per heavy atom. The molecule has 3 rings (SSSR count). The van der Waals surface area contributed by atoms with E-state index in [1.165, 1.54) is 18.5 Å². The number of hydrogen-bond donors (Lipinski definition) is 1. The summed E-state index contributed by atoms with van der Waals surface area (Å²) in [5, 5.41) is 0.860. The zero-order chi connectivity index (χ0) is 14.1. The van der Waals surface area contributed by atoms with Crippen LogP contribution < -0.4 is 10.6 Å². The molecule has 3 aromatic rings. The fraction of sp³-hybridized carbons (Fsp3) is 0.0667. The SMILES string of the molecule is CN(c1ccc(F)cc1)c1ncnc2ccc(N)cc12. The van der Waals surface area contributed by atoms with Crippen LogP contribution in [-0.2, 0) is 0 Å². The molecule has 0 spiro atoms. The topological polar surface area (TPSA) is 55.0 Å². The van der Waals surface area contributed by atoms with Crippen molar-refractivity contribution < 1.29 is 4.39 Å². The fourth-order valence-electron chi connectivity index (χ4n) is 2.11. The molecule has 0 saturated heterocycles. The molecular formula is C15H13FN4. The lowest BCUT2D eigenvalue weighted by atomic mass is 10.2. The van der Waals surface area contributed by atoms with Crippen LogP contribution in [-0.4, -0.2) is 17.0 Å². The molecule has 0 unspecified atom stereocenters. The molecule has 5 heteroatoms. The van der Waals surface area contributed by atoms with Crippen molar-refractivity contribution in [3.63, 3.8) is 0 Å². The van der Waals surface area contributed by atoms with Crippen LogP contribution in [0.15, 0.2) is 48.8 Å². The molecule has 100 valence electrons. The molecule has 1 heterocycles. The van der Waals surface area contributed by atoms with Gasteiger partial charge in [-0.2, -0.15) is 0 Å². The number of anilines is 3. The highest BCUT2D eigenvalue weighted by Crippen LogP contribution is 2.29. The first-order valence-electron chi connectivity index (χ1n) is 6.15. The van der Waals surface area contributed by atoms with Crippen LogP contribution in [0.5, 0.6) is 0 Å². The van der Waals surface area contributed by atoms with Crippen LogP contribution in [0.25, 0.3) is 10.9 Å². The van der Waals surface area contributed by atoms with E-state index in [2.05, 4.69) is 9.97 Å². The van der Waals surface area contributed by atoms with E-state index in [0.717, 1.165) is 22.4 Å². The third-order valence-electron chi connectivity index (χ3n) is 3.17. The maximum Gasteiger partial charge on any atom is 0.144 e. The first-order valence-corrected chi connectivity index (χ1v) is 6.15. The number of rotatable bonds is 2. The van der Waals surface area contributed by atoms with Gasteiger partial charge >= 0.3 is 0 Å². The second-order valence-electron chi connectivity index (χ2n) is 4.51. The highest BCUT2D eigenvalue weighted by atomic mass is 19.1. The Hall–Kier alpha value is -2.69. The van der Waals surface area contributed by atoms with E-state index >= 15 is 0 Å². The summed E-state index contributed by atoms with van der Waals surface area (Å²) in [7, 11) is 1.87. The van der Waals surface area contributed by atoms with Gasteiger partial charge in [0.15, 0.2) is 0 Å². The van der Waals surface area contributed by atoms with Gasteiger partial charge in [0.1, 0.15) is 18.0 Å². The molecule has 0 amide bonds. The average molecular weight is 268 g/mol. The van der Waals surface area contributed by atoms with Crippen LogP contribution in [0.4, 0.5) is 21.6 Å². The molecule has 2 N–H and O–H groups in total. The number of aromatic nitrogens is 2. The van der Waals surface area contributed by atoms with Gasteiger partial charge in [0.05, 0.1) is 5.52 Å². The number of nitrogens with two attached hydrogens (primary N) is 1. The minimum Gasteiger partial charge on any atom is -0.399 e. The number of benzene rings is 2. The van der Waals surface area contributed by atoms with E-state index < -0.39 is 0 Å². The standard InChI is InChI=1S/C15H13FN4/c1-20(12-5-2-10(16)3-6-12)15-13-8-11(17)4-7-14(13)18-9-19-15/h2-9H,17H2,1H3. The Kier molecular flexibility index (Phi) is 2.95. The molecule has 20 heavy (non-hydrogen) atoms. The van der Waals surface area contributed by atoms with Gasteiger partial charge in [0.2, 0.25) is 0 Å². The monoisotopic (exact) mass is 268 g/mol. The van der Waals surface area contributed by atoms with E-state index in [1.807, 2.05) is 24.1 Å². The zero-order valence-corrected chi connectivity index (χ0v) is 10.9. The zero-order valence-electron chi connectivity index (χ0n) is 10.9. The third-order valence-corrected chi connectivity index (χ3v) is 3.17. The maximum absolute atomic E-state index is 13.0. The molecular weight excluding hydrogens is 255 g/mol. The van der Waals surface area contributed by atoms with E-state index in [4.69, 9.17) is 5.73 Å². The molecule has 0 atom stereocenters. The largest absolute Gasteiger partial charge is 0.399 e. The summed E-state index contributed by atoms with van der Waals surface area (Å²) in [4.78, 5) is 10.4. The molecule has 0 radical (unpaired) electrons. The van der Waals surface area contributed by atoms with Gasteiger partial charge in [0, 0.05) is 23.8 Å². The minimum absolute atomic E-state index is 0.265. The van der Waals surface area contributed by atoms with Gasteiger partial charge in [-0.05, 0) is 42.5 Å². The molecule has 0 aliphatic carbocycles. The molecule has 0 fully saturated rings. The Bertz CT molecular complexity index is 755. The van der Waals surface area contributed by atoms with Crippen molar-refractivity contribution in [2.45, 2.75) is 0 Å². The van der Waals surface area contributed by atoms with Gasteiger partial charge in [-0.1, -0.05) is 0 Å². The lowest BCUT2D eigenvalue weighted by Crippen LogP contribution is -2.12. The summed E-state index contributed by atoms with van der Waals surface area (Å²) in [6.45, 7) is 0. The normalized spacial score (nSPS) is 10.7. The van der Waals surface area contributed by atoms with E-state index in [1.54, 1.807) is 18.2 Å². The van der Waals surface area contributed by atoms with Crippen LogP contribution in [0.3, 0.4) is 0 Å². The summed E-state index contributed by atoms with van der Waals surface area (Å²) < 4.78 is 13.0. The molecule has 0 aliphatic rings. The summed E-state index contributed by atoms with van der Waals surface area (Å²) in [5.41, 5.74) is 8.14. The number of nitrogens with zero attached hydrogens (tertiary/aromatic N) is 3. The summed E-state index contributed by atoms with van der Waals surface area (Å²) >= 11 is 0. The van der Waals surface area contributed by atoms with Gasteiger partial charge in [0.25, 0.3) is 0 Å². The highest BCUT2D eigenvalue weighted by Gasteiger charge is 2.10. The molecule has 4 nitrogen and oxygen atoms in total. The molecule has 0 aliphatic heterocycles. The van der Waals surface area contributed by atoms with Crippen molar-refractivity contribution in [1.82, 2.24) is 9.97 Å². The van der Waals surface area contributed by atoms with Gasteiger partial charge < -0.3 is 10.6 Å². The smallest absolute Gasteiger partial charge is 0.144 e. The minimum atomic E-state index is -0.265. The second kappa shape index (κ2) is 4.77. The molecule has 2 aromatic carbocycles. The predicted molar refractivity (Wildman–Crippen MR) is 78.4 cm³/mol. The fourth-order valence-corrected chi connectivity index (χ4v) is 2.11. The third kappa shape index (κ3) is 2.14. The second-order valence-corrected chi connectivity index (χ2v) is 4.51. The summed E-state index contributed by atoms with van der Waals surface area (Å²) in [6.07, 6.45) is 1.51. The summed E-state index contributed by atoms with van der Waals surface area (Å²) in [6, 6.07) is 11.7. The Balaban J connectivity index is 2.13. The maximum atomic E-state index is 13.0. The van der Waals surface area contributed by atoms with Crippen LogP contribution in [0.1, 0.15) is 0 Å². The first kappa shape index (κ1) is 12.3. The predicted octanol–water partition coefficient (Wildman–Crippen LogP) is 3.12. The van der Waals surface area contributed by atoms with Crippen molar-refractivity contribution in [3.05, 3.63) is 54.6 Å². The number of nitrogen functional groups attached to an aromatic ring is 1. The quantitative estimate of drug-likeness (QED) is 0.725. The van der Waals surface area contributed by atoms with Crippen molar-refractivity contribution >= 4 is 28.1 Å². The highest BCUT2D eigenvalue weighted by molar-refractivity contribution is 5.93. The van der Waals surface area contributed by atoms with Crippen LogP contribution >= 0.6 is 0 Å². The van der Waals surface area contributed by atoms with E-state index in [0.29, 0.717) is 5.69 Å². The van der Waals surface area contributed by atoms with Crippen LogP contribution in [0.2, 0.25) is 0 Å². The van der Waals surface area contributed by atoms with Gasteiger partial charge in [-0.15, -0.1) is 0 Å². The Morgan fingerprint density at radius 2 is 1.80 bits per heavy atom. The lowest BCUT2D eigenvalue weighted by Gasteiger charge is -2.19. The van der Waals surface area contributed by atoms with Crippen molar-refractivity contribution in [2.24, 2.45) is 0 Å². The van der Waals surface area contributed by atoms with Gasteiger partial charge in [-0.3, -0.25) is 0 Å². The van der Waals surface area contributed by atoms with E-state index in [-0.39, 0.29) is 5.82 Å². The lowest BCUT2D eigenvalue weighted by molar-refractivity contribution is 0.628. The summed E-state index contributed by atoms with van der Waals surface area (Å²) in [5.74, 6) is 0.466. The van der Waals surface area contributed by atoms with Gasteiger partial charge in [-0.25, -0.2) is 14.4 Å². The van der Waals surface area contributed by atoms with Crippen molar-refractivity contribution in [3.8, 4) is 0 Å². The average Bonchev–Trinajstić information content (AvgIpc) is 2.46.